The van der Waals surface area contributed by atoms with Crippen molar-refractivity contribution in [2.75, 3.05) is 0 Å². The predicted octanol–water partition coefficient (Wildman–Crippen LogP) is 6.36. The third-order valence-electron chi connectivity index (χ3n) is 5.79. The van der Waals surface area contributed by atoms with Gasteiger partial charge in [0.15, 0.2) is 11.9 Å². The van der Waals surface area contributed by atoms with Gasteiger partial charge in [-0.2, -0.15) is 9.78 Å². The van der Waals surface area contributed by atoms with Crippen molar-refractivity contribution in [2.45, 2.75) is 51.0 Å². The molecule has 3 aromatic rings. The molecule has 4 rings (SSSR count). The zero-order valence-electron chi connectivity index (χ0n) is 18.3. The minimum atomic E-state index is -1.10. The predicted molar refractivity (Wildman–Crippen MR) is 139 cm³/mol. The van der Waals surface area contributed by atoms with E-state index < -0.39 is 12.1 Å². The van der Waals surface area contributed by atoms with Crippen LogP contribution in [-0.2, 0) is 4.79 Å². The van der Waals surface area contributed by atoms with Crippen molar-refractivity contribution >= 4 is 66.5 Å². The molecule has 0 bridgehead atoms. The Morgan fingerprint density at radius 1 is 1.26 bits per heavy atom. The van der Waals surface area contributed by atoms with Gasteiger partial charge in [0.2, 0.25) is 0 Å². The number of carboxylic acid groups (broad SMARTS) is 1. The molecule has 1 saturated carbocycles. The quantitative estimate of drug-likeness (QED) is 0.328. The van der Waals surface area contributed by atoms with Gasteiger partial charge in [0.1, 0.15) is 5.82 Å². The molecule has 7 nitrogen and oxygen atoms in total. The van der Waals surface area contributed by atoms with E-state index in [4.69, 9.17) is 26.4 Å². The number of hydrogen-bond acceptors (Lipinski definition) is 5. The number of hydrogen-bond donors (Lipinski definition) is 1. The highest BCUT2D eigenvalue weighted by Gasteiger charge is 2.23. The second kappa shape index (κ2) is 10.6. The topological polar surface area (TPSA) is 93.8 Å². The summed E-state index contributed by atoms with van der Waals surface area (Å²) in [5.41, 5.74) is 1.03. The van der Waals surface area contributed by atoms with Crippen molar-refractivity contribution in [3.05, 3.63) is 66.0 Å². The fraction of sp³-hybridized carbons (Fsp3) is 0.333. The van der Waals surface area contributed by atoms with Gasteiger partial charge in [0.05, 0.1) is 26.6 Å². The number of halogens is 3. The molecule has 1 N–H and O–H groups in total. The van der Waals surface area contributed by atoms with Gasteiger partial charge >= 0.3 is 5.97 Å². The maximum absolute atomic E-state index is 13.4. The van der Waals surface area contributed by atoms with Crippen molar-refractivity contribution in [3.63, 3.8) is 0 Å². The molecule has 0 unspecified atom stereocenters. The summed E-state index contributed by atoms with van der Waals surface area (Å²) < 4.78 is 8.11. The van der Waals surface area contributed by atoms with Crippen LogP contribution in [0.15, 0.2) is 49.2 Å². The lowest BCUT2D eigenvalue weighted by Crippen LogP contribution is -2.25. The smallest absolute Gasteiger partial charge is 0.344 e. The SMILES string of the molecule is C[C@H](Oc1c(Cl)cc(C=Nn2c(C3CCCCC3)nc3ccc(Br)cc3c2=O)cc1Br)C(=O)O. The Hall–Kier alpha value is -2.23. The summed E-state index contributed by atoms with van der Waals surface area (Å²) in [6.45, 7) is 1.42. The van der Waals surface area contributed by atoms with Crippen LogP contribution in [0.1, 0.15) is 56.3 Å². The highest BCUT2D eigenvalue weighted by atomic mass is 79.9. The second-order valence-electron chi connectivity index (χ2n) is 8.24. The van der Waals surface area contributed by atoms with E-state index in [9.17, 15) is 9.59 Å². The number of aliphatic carboxylic acids is 1. The van der Waals surface area contributed by atoms with Gasteiger partial charge in [0.25, 0.3) is 5.56 Å². The molecule has 1 heterocycles. The van der Waals surface area contributed by atoms with Crippen LogP contribution in [0.25, 0.3) is 10.9 Å². The standard InChI is InChI=1S/C24H22Br2ClN3O4/c1-13(24(32)33)34-21-18(26)9-14(10-19(21)27)12-28-30-22(15-5-3-2-4-6-15)29-20-8-7-16(25)11-17(20)23(30)31/h7-13,15H,2-6H2,1H3,(H,32,33)/t13-/m0/s1. The molecule has 0 aliphatic heterocycles. The molecule has 1 aliphatic rings. The van der Waals surface area contributed by atoms with E-state index in [-0.39, 0.29) is 22.2 Å². The average molecular weight is 612 g/mol. The van der Waals surface area contributed by atoms with E-state index in [0.29, 0.717) is 26.8 Å². The first-order valence-corrected chi connectivity index (χ1v) is 12.9. The Kier molecular flexibility index (Phi) is 7.74. The van der Waals surface area contributed by atoms with E-state index in [1.807, 2.05) is 12.1 Å². The largest absolute Gasteiger partial charge is 0.479 e. The molecule has 0 radical (unpaired) electrons. The fourth-order valence-electron chi connectivity index (χ4n) is 4.02. The van der Waals surface area contributed by atoms with Gasteiger partial charge in [0, 0.05) is 10.4 Å². The van der Waals surface area contributed by atoms with E-state index >= 15 is 0 Å². The Morgan fingerprint density at radius 2 is 2.00 bits per heavy atom. The molecular weight excluding hydrogens is 590 g/mol. The number of fused-ring (bicyclic) bond motifs is 1. The summed E-state index contributed by atoms with van der Waals surface area (Å²) in [7, 11) is 0. The maximum Gasteiger partial charge on any atom is 0.344 e. The van der Waals surface area contributed by atoms with Crippen LogP contribution >= 0.6 is 43.5 Å². The maximum atomic E-state index is 13.4. The van der Waals surface area contributed by atoms with Crippen LogP contribution in [0.5, 0.6) is 5.75 Å². The number of ether oxygens (including phenoxy) is 1. The molecule has 34 heavy (non-hydrogen) atoms. The lowest BCUT2D eigenvalue weighted by atomic mass is 9.88. The fourth-order valence-corrected chi connectivity index (χ4v) is 5.34. The molecule has 178 valence electrons. The van der Waals surface area contributed by atoms with Crippen molar-refractivity contribution in [3.8, 4) is 5.75 Å². The lowest BCUT2D eigenvalue weighted by Gasteiger charge is -2.22. The monoisotopic (exact) mass is 609 g/mol. The van der Waals surface area contributed by atoms with Crippen LogP contribution in [0, 0.1) is 0 Å². The molecule has 2 aromatic carbocycles. The molecule has 1 fully saturated rings. The number of rotatable bonds is 6. The molecule has 1 atom stereocenters. The first kappa shape index (κ1) is 24.9. The van der Waals surface area contributed by atoms with Crippen molar-refractivity contribution in [2.24, 2.45) is 5.10 Å². The lowest BCUT2D eigenvalue weighted by molar-refractivity contribution is -0.144. The minimum Gasteiger partial charge on any atom is -0.479 e. The third kappa shape index (κ3) is 5.37. The van der Waals surface area contributed by atoms with Crippen LogP contribution in [-0.4, -0.2) is 33.1 Å². The number of carbonyl (C=O) groups is 1. The normalized spacial score (nSPS) is 15.6. The molecule has 10 heteroatoms. The molecule has 0 saturated heterocycles. The summed E-state index contributed by atoms with van der Waals surface area (Å²) in [6, 6.07) is 8.78. The Balaban J connectivity index is 1.76. The highest BCUT2D eigenvalue weighted by molar-refractivity contribution is 9.10. The van der Waals surface area contributed by atoms with Gasteiger partial charge < -0.3 is 9.84 Å². The van der Waals surface area contributed by atoms with Crippen molar-refractivity contribution in [1.29, 1.82) is 0 Å². The van der Waals surface area contributed by atoms with Crippen molar-refractivity contribution < 1.29 is 14.6 Å². The summed E-state index contributed by atoms with van der Waals surface area (Å²) in [4.78, 5) is 29.4. The third-order valence-corrected chi connectivity index (χ3v) is 7.15. The zero-order chi connectivity index (χ0) is 24.4. The van der Waals surface area contributed by atoms with Gasteiger partial charge in [-0.3, -0.25) is 4.79 Å². The Morgan fingerprint density at radius 3 is 2.68 bits per heavy atom. The van der Waals surface area contributed by atoms with E-state index in [1.54, 1.807) is 24.4 Å². The van der Waals surface area contributed by atoms with Crippen molar-refractivity contribution in [1.82, 2.24) is 9.66 Å². The van der Waals surface area contributed by atoms with Crippen LogP contribution in [0.2, 0.25) is 5.02 Å². The molecule has 0 amide bonds. The molecule has 1 aliphatic carbocycles. The summed E-state index contributed by atoms with van der Waals surface area (Å²) in [6.07, 6.45) is 5.80. The first-order chi connectivity index (χ1) is 16.2. The number of nitrogens with zero attached hydrogens (tertiary/aromatic N) is 3. The first-order valence-electron chi connectivity index (χ1n) is 10.9. The minimum absolute atomic E-state index is 0.162. The zero-order valence-corrected chi connectivity index (χ0v) is 22.2. The summed E-state index contributed by atoms with van der Waals surface area (Å²) in [5, 5.41) is 14.3. The highest BCUT2D eigenvalue weighted by Crippen LogP contribution is 2.35. The van der Waals surface area contributed by atoms with E-state index in [0.717, 1.165) is 30.2 Å². The summed E-state index contributed by atoms with van der Waals surface area (Å²) >= 11 is 13.2. The molecule has 1 aromatic heterocycles. The molecular formula is C24H22Br2ClN3O4. The Labute approximate surface area is 218 Å². The molecule has 0 spiro atoms. The second-order valence-corrected chi connectivity index (χ2v) is 10.4. The average Bonchev–Trinajstić information content (AvgIpc) is 2.81. The van der Waals surface area contributed by atoms with E-state index in [1.165, 1.54) is 18.0 Å². The number of benzene rings is 2. The van der Waals surface area contributed by atoms with E-state index in [2.05, 4.69) is 37.0 Å². The van der Waals surface area contributed by atoms with Gasteiger partial charge in [-0.1, -0.05) is 46.8 Å². The van der Waals surface area contributed by atoms with Crippen LogP contribution in [0.4, 0.5) is 0 Å². The summed E-state index contributed by atoms with van der Waals surface area (Å²) in [5.74, 6) is -0.0453. The number of aromatic nitrogens is 2. The Bertz CT molecular complexity index is 1310. The van der Waals surface area contributed by atoms with Gasteiger partial charge in [-0.15, -0.1) is 0 Å². The van der Waals surface area contributed by atoms with Gasteiger partial charge in [-0.25, -0.2) is 9.78 Å². The van der Waals surface area contributed by atoms with Crippen LogP contribution in [0.3, 0.4) is 0 Å². The van der Waals surface area contributed by atoms with Crippen LogP contribution < -0.4 is 10.3 Å². The number of carboxylic acids is 1. The van der Waals surface area contributed by atoms with Gasteiger partial charge in [-0.05, 0) is 71.6 Å².